The first-order valence-electron chi connectivity index (χ1n) is 14.3. The van der Waals surface area contributed by atoms with E-state index in [0.29, 0.717) is 25.2 Å². The number of carbonyl (C=O) groups excluding carboxylic acids is 2. The second-order valence-electron chi connectivity index (χ2n) is 12.3. The number of esters is 1. The quantitative estimate of drug-likeness (QED) is 0.403. The number of aryl methyl sites for hydroxylation is 2. The number of imidazole rings is 1. The number of ether oxygens (including phenoxy) is 1. The van der Waals surface area contributed by atoms with Crippen molar-refractivity contribution < 1.29 is 19.4 Å². The van der Waals surface area contributed by atoms with E-state index in [9.17, 15) is 19.5 Å². The Hall–Kier alpha value is -3.50. The molecule has 1 aliphatic heterocycles. The van der Waals surface area contributed by atoms with Crippen LogP contribution in [0.15, 0.2) is 35.3 Å². The normalized spacial score (nSPS) is 17.5. The topological polar surface area (TPSA) is 119 Å². The van der Waals surface area contributed by atoms with Gasteiger partial charge in [-0.2, -0.15) is 0 Å². The summed E-state index contributed by atoms with van der Waals surface area (Å²) in [5, 5.41) is 13.4. The van der Waals surface area contributed by atoms with Gasteiger partial charge in [0.2, 0.25) is 5.91 Å². The Morgan fingerprint density at radius 1 is 1.24 bits per heavy atom. The summed E-state index contributed by atoms with van der Waals surface area (Å²) in [7, 11) is 1.74. The van der Waals surface area contributed by atoms with E-state index in [2.05, 4.69) is 9.88 Å². The molecule has 1 saturated heterocycles. The van der Waals surface area contributed by atoms with Crippen molar-refractivity contribution in [3.63, 3.8) is 0 Å². The van der Waals surface area contributed by atoms with E-state index in [-0.39, 0.29) is 17.4 Å². The third-order valence-corrected chi connectivity index (χ3v) is 7.51. The Labute approximate surface area is 241 Å². The number of aliphatic hydroxyl groups excluding tert-OH is 1. The first-order valence-corrected chi connectivity index (χ1v) is 14.3. The summed E-state index contributed by atoms with van der Waals surface area (Å²) in [5.74, 6) is 0.634. The highest BCUT2D eigenvalue weighted by Crippen LogP contribution is 2.29. The molecule has 2 N–H and O–H groups in total. The standard InChI is InChI=1S/C31H43N5O5/c1-19-13-24(18-34(7)29(19)39)28-33-25-14-22(15-32-27(20(2)37)30(40)41-31(4,5)6)10-11-26(25)36(28)17-23-9-8-12-35(16-23)21(3)38/h10-11,13-14,18,20,23,27,32,37H,8-9,12,15-17H2,1-7H3/t20-,23-,27+/m1/s1. The minimum absolute atomic E-state index is 0.0493. The molecule has 41 heavy (non-hydrogen) atoms. The molecular weight excluding hydrogens is 522 g/mol. The Morgan fingerprint density at radius 2 is 1.98 bits per heavy atom. The maximum absolute atomic E-state index is 12.7. The Balaban J connectivity index is 1.68. The molecule has 3 aromatic rings. The van der Waals surface area contributed by atoms with Crippen molar-refractivity contribution >= 4 is 22.9 Å². The van der Waals surface area contributed by atoms with Gasteiger partial charge in [0.25, 0.3) is 5.56 Å². The summed E-state index contributed by atoms with van der Waals surface area (Å²) < 4.78 is 9.26. The number of carbonyl (C=O) groups is 2. The average Bonchev–Trinajstić information content (AvgIpc) is 3.23. The van der Waals surface area contributed by atoms with Crippen LogP contribution in [0.2, 0.25) is 0 Å². The lowest BCUT2D eigenvalue weighted by Gasteiger charge is -2.32. The van der Waals surface area contributed by atoms with Gasteiger partial charge in [-0.05, 0) is 77.1 Å². The van der Waals surface area contributed by atoms with Gasteiger partial charge in [0, 0.05) is 57.5 Å². The lowest BCUT2D eigenvalue weighted by atomic mass is 9.97. The molecule has 2 aromatic heterocycles. The molecule has 1 aromatic carbocycles. The fourth-order valence-electron chi connectivity index (χ4n) is 5.49. The molecular formula is C31H43N5O5. The number of pyridine rings is 1. The van der Waals surface area contributed by atoms with Crippen molar-refractivity contribution in [3.8, 4) is 11.4 Å². The summed E-state index contributed by atoms with van der Waals surface area (Å²) in [6.07, 6.45) is 2.86. The molecule has 0 aliphatic carbocycles. The number of amides is 1. The molecule has 3 heterocycles. The summed E-state index contributed by atoms with van der Waals surface area (Å²) in [6, 6.07) is 6.99. The maximum Gasteiger partial charge on any atom is 0.326 e. The number of nitrogens with zero attached hydrogens (tertiary/aromatic N) is 4. The number of benzene rings is 1. The van der Waals surface area contributed by atoms with E-state index in [1.807, 2.05) is 35.4 Å². The van der Waals surface area contributed by atoms with Gasteiger partial charge in [-0.25, -0.2) is 4.98 Å². The monoisotopic (exact) mass is 565 g/mol. The van der Waals surface area contributed by atoms with E-state index in [4.69, 9.17) is 9.72 Å². The smallest absolute Gasteiger partial charge is 0.326 e. The molecule has 1 fully saturated rings. The Bertz CT molecular complexity index is 1460. The molecule has 0 bridgehead atoms. The zero-order chi connectivity index (χ0) is 30.1. The highest BCUT2D eigenvalue weighted by Gasteiger charge is 2.29. The number of hydrogen-bond acceptors (Lipinski definition) is 7. The number of aromatic nitrogens is 3. The van der Waals surface area contributed by atoms with Gasteiger partial charge in [-0.3, -0.25) is 19.7 Å². The third-order valence-electron chi connectivity index (χ3n) is 7.51. The number of nitrogens with one attached hydrogen (secondary N) is 1. The number of rotatable bonds is 8. The van der Waals surface area contributed by atoms with Crippen LogP contribution in [0.4, 0.5) is 0 Å². The van der Waals surface area contributed by atoms with E-state index in [1.54, 1.807) is 53.2 Å². The fourth-order valence-corrected chi connectivity index (χ4v) is 5.49. The van der Waals surface area contributed by atoms with Crippen LogP contribution in [0.25, 0.3) is 22.4 Å². The van der Waals surface area contributed by atoms with Gasteiger partial charge in [0.05, 0.1) is 17.1 Å². The van der Waals surface area contributed by atoms with E-state index < -0.39 is 23.7 Å². The van der Waals surface area contributed by atoms with Crippen LogP contribution in [-0.2, 0) is 34.5 Å². The van der Waals surface area contributed by atoms with Crippen molar-refractivity contribution in [2.45, 2.75) is 85.2 Å². The van der Waals surface area contributed by atoms with Crippen LogP contribution in [0, 0.1) is 12.8 Å². The Kier molecular flexibility index (Phi) is 9.03. The van der Waals surface area contributed by atoms with Crippen molar-refractivity contribution in [1.82, 2.24) is 24.3 Å². The molecule has 10 heteroatoms. The summed E-state index contributed by atoms with van der Waals surface area (Å²) >= 11 is 0. The van der Waals surface area contributed by atoms with E-state index >= 15 is 0 Å². The van der Waals surface area contributed by atoms with Gasteiger partial charge >= 0.3 is 5.97 Å². The van der Waals surface area contributed by atoms with Gasteiger partial charge in [0.15, 0.2) is 0 Å². The Morgan fingerprint density at radius 3 is 2.61 bits per heavy atom. The molecule has 1 aliphatic rings. The molecule has 10 nitrogen and oxygen atoms in total. The number of aliphatic hydroxyl groups is 1. The third kappa shape index (κ3) is 7.23. The maximum atomic E-state index is 12.7. The summed E-state index contributed by atoms with van der Waals surface area (Å²) in [6.45, 7) is 12.9. The summed E-state index contributed by atoms with van der Waals surface area (Å²) in [4.78, 5) is 44.1. The van der Waals surface area contributed by atoms with Gasteiger partial charge in [-0.15, -0.1) is 0 Å². The predicted octanol–water partition coefficient (Wildman–Crippen LogP) is 3.15. The molecule has 3 atom stereocenters. The summed E-state index contributed by atoms with van der Waals surface area (Å²) in [5.41, 5.74) is 3.42. The zero-order valence-corrected chi connectivity index (χ0v) is 25.2. The van der Waals surface area contributed by atoms with Crippen LogP contribution in [0.5, 0.6) is 0 Å². The van der Waals surface area contributed by atoms with E-state index in [0.717, 1.165) is 47.4 Å². The molecule has 0 spiro atoms. The molecule has 4 rings (SSSR count). The number of likely N-dealkylation sites (tertiary alicyclic amines) is 1. The van der Waals surface area contributed by atoms with Gasteiger partial charge in [0.1, 0.15) is 17.5 Å². The molecule has 1 amide bonds. The molecule has 0 saturated carbocycles. The second kappa shape index (κ2) is 12.2. The van der Waals surface area contributed by atoms with Crippen molar-refractivity contribution in [2.75, 3.05) is 13.1 Å². The van der Waals surface area contributed by atoms with Gasteiger partial charge < -0.3 is 23.9 Å². The van der Waals surface area contributed by atoms with Crippen LogP contribution >= 0.6 is 0 Å². The van der Waals surface area contributed by atoms with Crippen LogP contribution in [0.1, 0.15) is 58.6 Å². The lowest BCUT2D eigenvalue weighted by Crippen LogP contribution is -2.47. The number of piperidine rings is 1. The first-order chi connectivity index (χ1) is 19.2. The second-order valence-corrected chi connectivity index (χ2v) is 12.3. The fraction of sp³-hybridized carbons (Fsp3) is 0.548. The lowest BCUT2D eigenvalue weighted by molar-refractivity contribution is -0.160. The minimum Gasteiger partial charge on any atom is -0.459 e. The minimum atomic E-state index is -0.933. The van der Waals surface area contributed by atoms with Gasteiger partial charge in [-0.1, -0.05) is 6.07 Å². The largest absolute Gasteiger partial charge is 0.459 e. The molecule has 0 unspecified atom stereocenters. The van der Waals surface area contributed by atoms with Crippen molar-refractivity contribution in [2.24, 2.45) is 13.0 Å². The predicted molar refractivity (Wildman–Crippen MR) is 158 cm³/mol. The SMILES string of the molecule is CC(=O)N1CCC[C@@H](Cn2c(-c3cc(C)c(=O)n(C)c3)nc3cc(CN[C@H](C(=O)OC(C)(C)C)[C@@H](C)O)ccc32)C1. The van der Waals surface area contributed by atoms with Crippen molar-refractivity contribution in [3.05, 3.63) is 51.9 Å². The van der Waals surface area contributed by atoms with Crippen LogP contribution in [0.3, 0.4) is 0 Å². The highest BCUT2D eigenvalue weighted by atomic mass is 16.6. The molecule has 222 valence electrons. The van der Waals surface area contributed by atoms with E-state index in [1.165, 1.54) is 0 Å². The van der Waals surface area contributed by atoms with Crippen LogP contribution in [-0.4, -0.2) is 66.8 Å². The highest BCUT2D eigenvalue weighted by molar-refractivity contribution is 5.81. The average molecular weight is 566 g/mol. The van der Waals surface area contributed by atoms with Crippen molar-refractivity contribution in [1.29, 1.82) is 0 Å². The van der Waals surface area contributed by atoms with Crippen LogP contribution < -0.4 is 10.9 Å². The first kappa shape index (κ1) is 30.5. The number of fused-ring (bicyclic) bond motifs is 1. The molecule has 0 radical (unpaired) electrons. The zero-order valence-electron chi connectivity index (χ0n) is 25.2. The number of hydrogen-bond donors (Lipinski definition) is 2.